The van der Waals surface area contributed by atoms with Gasteiger partial charge in [-0.2, -0.15) is 0 Å². The Kier molecular flexibility index (Phi) is 7.03. The Hall–Kier alpha value is -1.97. The van der Waals surface area contributed by atoms with Crippen LogP contribution in [0.15, 0.2) is 36.4 Å². The van der Waals surface area contributed by atoms with Gasteiger partial charge in [-0.25, -0.2) is 0 Å². The molecule has 148 valence electrons. The number of hydrogen-bond acceptors (Lipinski definition) is 4. The van der Waals surface area contributed by atoms with Crippen molar-refractivity contribution >= 4 is 45.8 Å². The highest BCUT2D eigenvalue weighted by molar-refractivity contribution is 14.1. The van der Waals surface area contributed by atoms with Gasteiger partial charge in [0.2, 0.25) is 5.91 Å². The predicted octanol–water partition coefficient (Wildman–Crippen LogP) is 3.43. The van der Waals surface area contributed by atoms with Crippen LogP contribution in [0.4, 0.5) is 11.4 Å². The molecule has 2 aromatic carbocycles. The molecule has 1 fully saturated rings. The fourth-order valence-electron chi connectivity index (χ4n) is 2.99. The molecule has 2 aromatic rings. The van der Waals surface area contributed by atoms with Gasteiger partial charge < -0.3 is 15.4 Å². The summed E-state index contributed by atoms with van der Waals surface area (Å²) in [6.45, 7) is 7.07. The van der Waals surface area contributed by atoms with Crippen molar-refractivity contribution < 1.29 is 14.3 Å². The van der Waals surface area contributed by atoms with Crippen LogP contribution >= 0.6 is 22.6 Å². The molecular weight excluding hydrogens is 469 g/mol. The molecule has 1 aliphatic rings. The van der Waals surface area contributed by atoms with Crippen LogP contribution in [0, 0.1) is 17.4 Å². The summed E-state index contributed by atoms with van der Waals surface area (Å²) < 4.78 is 6.35. The summed E-state index contributed by atoms with van der Waals surface area (Å²) in [4.78, 5) is 27.0. The van der Waals surface area contributed by atoms with Crippen LogP contribution in [-0.4, -0.2) is 49.6 Å². The van der Waals surface area contributed by atoms with E-state index in [-0.39, 0.29) is 11.8 Å². The van der Waals surface area contributed by atoms with E-state index in [1.807, 2.05) is 50.2 Å². The van der Waals surface area contributed by atoms with Crippen LogP contribution in [0.25, 0.3) is 0 Å². The Bertz CT molecular complexity index is 879. The van der Waals surface area contributed by atoms with Gasteiger partial charge in [0.05, 0.1) is 19.8 Å². The van der Waals surface area contributed by atoms with Crippen molar-refractivity contribution in [2.45, 2.75) is 13.8 Å². The van der Waals surface area contributed by atoms with Gasteiger partial charge in [0.1, 0.15) is 0 Å². The smallest absolute Gasteiger partial charge is 0.255 e. The van der Waals surface area contributed by atoms with Crippen molar-refractivity contribution in [1.82, 2.24) is 4.90 Å². The van der Waals surface area contributed by atoms with E-state index in [9.17, 15) is 9.59 Å². The summed E-state index contributed by atoms with van der Waals surface area (Å²) >= 11 is 2.22. The van der Waals surface area contributed by atoms with Gasteiger partial charge in [0.15, 0.2) is 0 Å². The number of rotatable bonds is 5. The van der Waals surface area contributed by atoms with Crippen molar-refractivity contribution in [1.29, 1.82) is 0 Å². The van der Waals surface area contributed by atoms with E-state index in [0.29, 0.717) is 36.7 Å². The van der Waals surface area contributed by atoms with Crippen LogP contribution in [0.2, 0.25) is 0 Å². The van der Waals surface area contributed by atoms with Crippen LogP contribution in [-0.2, 0) is 9.53 Å². The van der Waals surface area contributed by atoms with Crippen LogP contribution in [0.1, 0.15) is 21.5 Å². The third-order valence-corrected chi connectivity index (χ3v) is 5.92. The molecule has 0 aliphatic carbocycles. The molecule has 2 N–H and O–H groups in total. The van der Waals surface area contributed by atoms with Crippen LogP contribution in [0.5, 0.6) is 0 Å². The predicted molar refractivity (Wildman–Crippen MR) is 119 cm³/mol. The van der Waals surface area contributed by atoms with Crippen LogP contribution in [0.3, 0.4) is 0 Å². The molecule has 0 aromatic heterocycles. The van der Waals surface area contributed by atoms with Crippen molar-refractivity contribution in [2.75, 3.05) is 43.5 Å². The maximum atomic E-state index is 12.6. The number of hydrogen-bond donors (Lipinski definition) is 2. The fraction of sp³-hybridized carbons (Fsp3) is 0.333. The lowest BCUT2D eigenvalue weighted by Gasteiger charge is -2.26. The number of morpholine rings is 1. The maximum absolute atomic E-state index is 12.6. The normalized spacial score (nSPS) is 14.5. The second-order valence-corrected chi connectivity index (χ2v) is 8.00. The first-order chi connectivity index (χ1) is 13.4. The molecule has 2 amide bonds. The zero-order chi connectivity index (χ0) is 20.1. The lowest BCUT2D eigenvalue weighted by molar-refractivity contribution is -0.118. The van der Waals surface area contributed by atoms with E-state index >= 15 is 0 Å². The third-order valence-electron chi connectivity index (χ3n) is 4.76. The van der Waals surface area contributed by atoms with Crippen molar-refractivity contribution in [3.05, 3.63) is 56.7 Å². The molecule has 0 unspecified atom stereocenters. The summed E-state index contributed by atoms with van der Waals surface area (Å²) in [5, 5.41) is 5.90. The van der Waals surface area contributed by atoms with Gasteiger partial charge in [-0.3, -0.25) is 14.5 Å². The summed E-state index contributed by atoms with van der Waals surface area (Å²) in [6.07, 6.45) is 0. The van der Waals surface area contributed by atoms with Gasteiger partial charge in [-0.05, 0) is 71.8 Å². The number of halogens is 1. The molecule has 0 radical (unpaired) electrons. The number of aryl methyl sites for hydroxylation is 1. The average Bonchev–Trinajstić information content (AvgIpc) is 2.68. The zero-order valence-electron chi connectivity index (χ0n) is 16.0. The summed E-state index contributed by atoms with van der Waals surface area (Å²) in [5.74, 6) is -0.237. The maximum Gasteiger partial charge on any atom is 0.255 e. The molecule has 1 heterocycles. The molecule has 0 bridgehead atoms. The standard InChI is InChI=1S/C21H24IN3O3/c1-14-6-7-16(12-17(14)22)21(27)24-19-5-3-4-18(15(19)2)23-20(26)13-25-8-10-28-11-9-25/h3-7,12H,8-11,13H2,1-2H3,(H,23,26)(H,24,27). The van der Waals surface area contributed by atoms with Gasteiger partial charge in [-0.15, -0.1) is 0 Å². The molecule has 1 aliphatic heterocycles. The van der Waals surface area contributed by atoms with E-state index in [1.54, 1.807) is 0 Å². The Morgan fingerprint density at radius 2 is 1.75 bits per heavy atom. The van der Waals surface area contributed by atoms with Gasteiger partial charge in [-0.1, -0.05) is 12.1 Å². The Morgan fingerprint density at radius 3 is 2.43 bits per heavy atom. The highest BCUT2D eigenvalue weighted by Crippen LogP contribution is 2.24. The Labute approximate surface area is 178 Å². The quantitative estimate of drug-likeness (QED) is 0.627. The third kappa shape index (κ3) is 5.30. The van der Waals surface area contributed by atoms with Crippen molar-refractivity contribution in [2.24, 2.45) is 0 Å². The lowest BCUT2D eigenvalue weighted by atomic mass is 10.1. The number of amides is 2. The SMILES string of the molecule is Cc1ccc(C(=O)Nc2cccc(NC(=O)CN3CCOCC3)c2C)cc1I. The minimum absolute atomic E-state index is 0.0680. The number of anilines is 2. The van der Waals surface area contributed by atoms with Gasteiger partial charge in [0, 0.05) is 33.6 Å². The molecule has 6 nitrogen and oxygen atoms in total. The molecule has 0 saturated carbocycles. The zero-order valence-corrected chi connectivity index (χ0v) is 18.2. The second kappa shape index (κ2) is 9.49. The largest absolute Gasteiger partial charge is 0.379 e. The van der Waals surface area contributed by atoms with E-state index in [4.69, 9.17) is 4.74 Å². The number of nitrogens with zero attached hydrogens (tertiary/aromatic N) is 1. The summed E-state index contributed by atoms with van der Waals surface area (Å²) in [7, 11) is 0. The number of benzene rings is 2. The van der Waals surface area contributed by atoms with E-state index in [2.05, 4.69) is 38.1 Å². The first-order valence-corrected chi connectivity index (χ1v) is 10.3. The first-order valence-electron chi connectivity index (χ1n) is 9.21. The molecule has 28 heavy (non-hydrogen) atoms. The Balaban J connectivity index is 1.67. The molecule has 3 rings (SSSR count). The minimum Gasteiger partial charge on any atom is -0.379 e. The van der Waals surface area contributed by atoms with Crippen molar-refractivity contribution in [3.63, 3.8) is 0 Å². The van der Waals surface area contributed by atoms with Crippen LogP contribution < -0.4 is 10.6 Å². The number of nitrogens with one attached hydrogen (secondary N) is 2. The molecule has 7 heteroatoms. The summed E-state index contributed by atoms with van der Waals surface area (Å²) in [5.41, 5.74) is 3.96. The summed E-state index contributed by atoms with van der Waals surface area (Å²) in [6, 6.07) is 11.1. The monoisotopic (exact) mass is 493 g/mol. The number of carbonyl (C=O) groups is 2. The highest BCUT2D eigenvalue weighted by Gasteiger charge is 2.16. The topological polar surface area (TPSA) is 70.7 Å². The fourth-order valence-corrected chi connectivity index (χ4v) is 3.50. The van der Waals surface area contributed by atoms with E-state index < -0.39 is 0 Å². The molecule has 0 atom stereocenters. The van der Waals surface area contributed by atoms with Gasteiger partial charge in [0.25, 0.3) is 5.91 Å². The van der Waals surface area contributed by atoms with Gasteiger partial charge >= 0.3 is 0 Å². The van der Waals surface area contributed by atoms with E-state index in [0.717, 1.165) is 27.8 Å². The second-order valence-electron chi connectivity index (χ2n) is 6.83. The first kappa shape index (κ1) is 20.8. The molecule has 0 spiro atoms. The van der Waals surface area contributed by atoms with Crippen molar-refractivity contribution in [3.8, 4) is 0 Å². The number of ether oxygens (including phenoxy) is 1. The molecule has 1 saturated heterocycles. The average molecular weight is 493 g/mol. The highest BCUT2D eigenvalue weighted by atomic mass is 127. The minimum atomic E-state index is -0.169. The Morgan fingerprint density at radius 1 is 1.07 bits per heavy atom. The molecular formula is C21H24IN3O3. The lowest BCUT2D eigenvalue weighted by Crippen LogP contribution is -2.41. The van der Waals surface area contributed by atoms with E-state index in [1.165, 1.54) is 0 Å². The number of carbonyl (C=O) groups excluding carboxylic acids is 2.